The Hall–Kier alpha value is -4.65. The standard InChI is InChI=1S/C34H47N5O8/c1-34(2,3)19-29(40)37-26(31(42)43)8-6-7-9-27(32(44)45)38-30(41)28-18-22(20-39(28)4)21-10-12-23(13-11-21)35-33(46)36-24-14-16-25(47-5)17-15-24/h10-17,22,26-28H,6-9,18-20H2,1-5H3,(H,37,40)(H,38,41)(H,42,43)(H,44,45)(H2,35,36,46). The van der Waals surface area contributed by atoms with Crippen LogP contribution in [0.4, 0.5) is 16.2 Å². The molecule has 1 aliphatic heterocycles. The highest BCUT2D eigenvalue weighted by Crippen LogP contribution is 2.32. The van der Waals surface area contributed by atoms with Gasteiger partial charge in [0.2, 0.25) is 11.8 Å². The van der Waals surface area contributed by atoms with E-state index >= 15 is 0 Å². The summed E-state index contributed by atoms with van der Waals surface area (Å²) in [6.07, 6.45) is 1.69. The molecule has 13 heteroatoms. The van der Waals surface area contributed by atoms with Crippen molar-refractivity contribution in [3.63, 3.8) is 0 Å². The number of likely N-dealkylation sites (tertiary alicyclic amines) is 1. The number of carboxylic acid groups (broad SMARTS) is 2. The Bertz CT molecular complexity index is 1390. The third kappa shape index (κ3) is 11.9. The number of aliphatic carboxylic acids is 2. The fourth-order valence-corrected chi connectivity index (χ4v) is 5.56. The number of carbonyl (C=O) groups excluding carboxylic acids is 3. The van der Waals surface area contributed by atoms with Crippen LogP contribution in [0.1, 0.15) is 70.8 Å². The molecule has 2 aromatic carbocycles. The number of hydrogen-bond donors (Lipinski definition) is 6. The molecule has 4 unspecified atom stereocenters. The zero-order chi connectivity index (χ0) is 34.7. The fourth-order valence-electron chi connectivity index (χ4n) is 5.56. The zero-order valence-corrected chi connectivity index (χ0v) is 27.7. The molecule has 0 radical (unpaired) electrons. The molecule has 1 heterocycles. The van der Waals surface area contributed by atoms with Crippen LogP contribution in [-0.2, 0) is 19.2 Å². The van der Waals surface area contributed by atoms with Gasteiger partial charge in [0, 0.05) is 24.3 Å². The largest absolute Gasteiger partial charge is 0.497 e. The molecule has 2 aromatic rings. The lowest BCUT2D eigenvalue weighted by Crippen LogP contribution is -2.48. The lowest BCUT2D eigenvalue weighted by atomic mass is 9.91. The number of carboxylic acids is 2. The Labute approximate surface area is 275 Å². The van der Waals surface area contributed by atoms with E-state index in [0.717, 1.165) is 5.56 Å². The van der Waals surface area contributed by atoms with Crippen molar-refractivity contribution in [2.75, 3.05) is 31.3 Å². The van der Waals surface area contributed by atoms with Crippen LogP contribution in [0.15, 0.2) is 48.5 Å². The van der Waals surface area contributed by atoms with E-state index in [2.05, 4.69) is 21.3 Å². The third-order valence-electron chi connectivity index (χ3n) is 8.01. The molecule has 6 N–H and O–H groups in total. The fraction of sp³-hybridized carbons (Fsp3) is 0.500. The minimum absolute atomic E-state index is 0.0302. The summed E-state index contributed by atoms with van der Waals surface area (Å²) in [6.45, 7) is 6.25. The first-order chi connectivity index (χ1) is 22.1. The summed E-state index contributed by atoms with van der Waals surface area (Å²) in [6, 6.07) is 11.3. The minimum atomic E-state index is -1.16. The maximum absolute atomic E-state index is 13.2. The van der Waals surface area contributed by atoms with Crippen LogP contribution in [-0.4, -0.2) is 83.7 Å². The number of urea groups is 1. The van der Waals surface area contributed by atoms with Crippen molar-refractivity contribution in [3.8, 4) is 5.75 Å². The Morgan fingerprint density at radius 3 is 1.85 bits per heavy atom. The first-order valence-electron chi connectivity index (χ1n) is 15.7. The summed E-state index contributed by atoms with van der Waals surface area (Å²) < 4.78 is 5.12. The van der Waals surface area contributed by atoms with Gasteiger partial charge in [0.15, 0.2) is 0 Å². The summed E-state index contributed by atoms with van der Waals surface area (Å²) in [5.41, 5.74) is 1.93. The first kappa shape index (κ1) is 36.8. The second-order valence-electron chi connectivity index (χ2n) is 13.2. The second-order valence-corrected chi connectivity index (χ2v) is 13.2. The summed E-state index contributed by atoms with van der Waals surface area (Å²) in [5.74, 6) is -2.32. The number of unbranched alkanes of at least 4 members (excludes halogenated alkanes) is 1. The van der Waals surface area contributed by atoms with Gasteiger partial charge < -0.3 is 36.2 Å². The number of amides is 4. The van der Waals surface area contributed by atoms with Gasteiger partial charge in [0.1, 0.15) is 17.8 Å². The lowest BCUT2D eigenvalue weighted by molar-refractivity contribution is -0.143. The van der Waals surface area contributed by atoms with E-state index in [4.69, 9.17) is 4.74 Å². The number of anilines is 2. The Balaban J connectivity index is 1.47. The molecule has 1 saturated heterocycles. The van der Waals surface area contributed by atoms with E-state index in [9.17, 15) is 34.2 Å². The number of methoxy groups -OCH3 is 1. The number of rotatable bonds is 15. The molecule has 0 spiro atoms. The maximum Gasteiger partial charge on any atom is 0.326 e. The number of nitrogens with one attached hydrogen (secondary N) is 4. The number of benzene rings is 2. The molecule has 0 bridgehead atoms. The quantitative estimate of drug-likeness (QED) is 0.153. The van der Waals surface area contributed by atoms with Crippen LogP contribution < -0.4 is 26.0 Å². The molecule has 4 atom stereocenters. The van der Waals surface area contributed by atoms with Crippen LogP contribution in [0.2, 0.25) is 0 Å². The van der Waals surface area contributed by atoms with Crippen molar-refractivity contribution in [2.45, 2.75) is 83.3 Å². The monoisotopic (exact) mass is 653 g/mol. The van der Waals surface area contributed by atoms with Gasteiger partial charge in [-0.05, 0) is 79.6 Å². The summed E-state index contributed by atoms with van der Waals surface area (Å²) in [7, 11) is 3.39. The Kier molecular flexibility index (Phi) is 13.1. The van der Waals surface area contributed by atoms with E-state index in [1.807, 2.05) is 44.9 Å². The number of carbonyl (C=O) groups is 5. The second kappa shape index (κ2) is 16.8. The van der Waals surface area contributed by atoms with Crippen LogP contribution >= 0.6 is 0 Å². The van der Waals surface area contributed by atoms with Crippen molar-refractivity contribution in [3.05, 3.63) is 54.1 Å². The van der Waals surface area contributed by atoms with E-state index in [-0.39, 0.29) is 42.4 Å². The van der Waals surface area contributed by atoms with Gasteiger partial charge >= 0.3 is 18.0 Å². The third-order valence-corrected chi connectivity index (χ3v) is 8.01. The normalized spacial score (nSPS) is 17.6. The highest BCUT2D eigenvalue weighted by atomic mass is 16.5. The van der Waals surface area contributed by atoms with E-state index in [1.165, 1.54) is 0 Å². The first-order valence-corrected chi connectivity index (χ1v) is 15.7. The molecule has 47 heavy (non-hydrogen) atoms. The van der Waals surface area contributed by atoms with Gasteiger partial charge in [0.25, 0.3) is 0 Å². The topological polar surface area (TPSA) is 186 Å². The number of hydrogen-bond acceptors (Lipinski definition) is 7. The number of likely N-dealkylation sites (N-methyl/N-ethyl adjacent to an activating group) is 1. The van der Waals surface area contributed by atoms with Crippen LogP contribution in [0.3, 0.4) is 0 Å². The van der Waals surface area contributed by atoms with E-state index in [1.54, 1.807) is 43.5 Å². The molecule has 0 saturated carbocycles. The SMILES string of the molecule is COc1ccc(NC(=O)Nc2ccc(C3CC(C(=O)NC(CCCCC(NC(=O)CC(C)(C)C)C(=O)O)C(=O)O)N(C)C3)cc2)cc1. The molecular formula is C34H47N5O8. The lowest BCUT2D eigenvalue weighted by Gasteiger charge is -2.22. The highest BCUT2D eigenvalue weighted by Gasteiger charge is 2.36. The number of nitrogens with zero attached hydrogens (tertiary/aromatic N) is 1. The molecular weight excluding hydrogens is 606 g/mol. The van der Waals surface area contributed by atoms with Gasteiger partial charge in [-0.1, -0.05) is 45.7 Å². The molecule has 0 aromatic heterocycles. The van der Waals surface area contributed by atoms with Crippen LogP contribution in [0, 0.1) is 5.41 Å². The molecule has 0 aliphatic carbocycles. The van der Waals surface area contributed by atoms with Crippen molar-refractivity contribution >= 4 is 41.2 Å². The average Bonchev–Trinajstić information content (AvgIpc) is 3.39. The summed E-state index contributed by atoms with van der Waals surface area (Å²) >= 11 is 0. The van der Waals surface area contributed by atoms with Crippen LogP contribution in [0.5, 0.6) is 5.75 Å². The predicted octanol–water partition coefficient (Wildman–Crippen LogP) is 4.26. The highest BCUT2D eigenvalue weighted by molar-refractivity contribution is 5.99. The van der Waals surface area contributed by atoms with Crippen molar-refractivity contribution < 1.29 is 38.9 Å². The van der Waals surface area contributed by atoms with Crippen molar-refractivity contribution in [1.82, 2.24) is 15.5 Å². The zero-order valence-electron chi connectivity index (χ0n) is 27.7. The predicted molar refractivity (Wildman–Crippen MR) is 178 cm³/mol. The maximum atomic E-state index is 13.2. The Morgan fingerprint density at radius 2 is 1.36 bits per heavy atom. The van der Waals surface area contributed by atoms with Crippen molar-refractivity contribution in [1.29, 1.82) is 0 Å². The van der Waals surface area contributed by atoms with Gasteiger partial charge in [-0.2, -0.15) is 0 Å². The van der Waals surface area contributed by atoms with E-state index in [0.29, 0.717) is 42.9 Å². The van der Waals surface area contributed by atoms with Gasteiger partial charge in [0.05, 0.1) is 13.2 Å². The van der Waals surface area contributed by atoms with E-state index < -0.39 is 36.1 Å². The average molecular weight is 654 g/mol. The molecule has 3 rings (SSSR count). The molecule has 1 aliphatic rings. The molecule has 256 valence electrons. The molecule has 13 nitrogen and oxygen atoms in total. The van der Waals surface area contributed by atoms with Crippen LogP contribution in [0.25, 0.3) is 0 Å². The van der Waals surface area contributed by atoms with Gasteiger partial charge in [-0.3, -0.25) is 14.5 Å². The van der Waals surface area contributed by atoms with Crippen molar-refractivity contribution in [2.24, 2.45) is 5.41 Å². The summed E-state index contributed by atoms with van der Waals surface area (Å²) in [4.78, 5) is 63.2. The molecule has 1 fully saturated rings. The van der Waals surface area contributed by atoms with Gasteiger partial charge in [-0.15, -0.1) is 0 Å². The Morgan fingerprint density at radius 1 is 0.851 bits per heavy atom. The minimum Gasteiger partial charge on any atom is -0.497 e. The molecule has 4 amide bonds. The summed E-state index contributed by atoms with van der Waals surface area (Å²) in [5, 5.41) is 30.0. The van der Waals surface area contributed by atoms with Gasteiger partial charge in [-0.25, -0.2) is 14.4 Å². The number of ether oxygens (including phenoxy) is 1. The smallest absolute Gasteiger partial charge is 0.326 e.